The zero-order chi connectivity index (χ0) is 26.4. The first-order chi connectivity index (χ1) is 16.7. The predicted octanol–water partition coefficient (Wildman–Crippen LogP) is 3.69. The molecular formula is C24H30F3N5O4. The largest absolute Gasteiger partial charge is 0.444 e. The minimum atomic E-state index is -4.52. The molecule has 12 heteroatoms. The molecular weight excluding hydrogens is 479 g/mol. The van der Waals surface area contributed by atoms with Crippen LogP contribution in [-0.2, 0) is 21.4 Å². The van der Waals surface area contributed by atoms with E-state index in [0.717, 1.165) is 4.90 Å². The molecule has 0 radical (unpaired) electrons. The summed E-state index contributed by atoms with van der Waals surface area (Å²) < 4.78 is 48.7. The van der Waals surface area contributed by atoms with Crippen molar-refractivity contribution in [2.75, 3.05) is 18.4 Å². The fourth-order valence-corrected chi connectivity index (χ4v) is 4.75. The molecule has 3 heterocycles. The number of alkyl halides is 3. The Labute approximate surface area is 206 Å². The minimum Gasteiger partial charge on any atom is -0.444 e. The fraction of sp³-hybridized carbons (Fsp3) is 0.583. The van der Waals surface area contributed by atoms with Crippen molar-refractivity contribution in [3.63, 3.8) is 0 Å². The van der Waals surface area contributed by atoms with E-state index < -0.39 is 48.2 Å². The van der Waals surface area contributed by atoms with Crippen molar-refractivity contribution in [3.8, 4) is 0 Å². The fourth-order valence-electron chi connectivity index (χ4n) is 4.75. The summed E-state index contributed by atoms with van der Waals surface area (Å²) in [5.74, 6) is -3.07. The summed E-state index contributed by atoms with van der Waals surface area (Å²) in [4.78, 5) is 37.3. The number of hydrogen-bond donors (Lipinski definition) is 2. The Bertz CT molecular complexity index is 1190. The summed E-state index contributed by atoms with van der Waals surface area (Å²) in [7, 11) is 1.69. The van der Waals surface area contributed by atoms with E-state index in [1.54, 1.807) is 50.7 Å². The maximum Gasteiger partial charge on any atom is 0.410 e. The number of benzene rings is 1. The molecule has 0 aliphatic carbocycles. The van der Waals surface area contributed by atoms with Gasteiger partial charge < -0.3 is 15.0 Å². The number of ether oxygens (including phenoxy) is 1. The van der Waals surface area contributed by atoms with Gasteiger partial charge in [-0.1, -0.05) is 0 Å². The lowest BCUT2D eigenvalue weighted by atomic mass is 9.91. The number of piperidine rings is 2. The van der Waals surface area contributed by atoms with Gasteiger partial charge in [-0.15, -0.1) is 0 Å². The van der Waals surface area contributed by atoms with Crippen molar-refractivity contribution < 1.29 is 32.3 Å². The van der Waals surface area contributed by atoms with E-state index in [4.69, 9.17) is 4.74 Å². The van der Waals surface area contributed by atoms with Crippen LogP contribution in [0.5, 0.6) is 0 Å². The van der Waals surface area contributed by atoms with Crippen molar-refractivity contribution in [2.45, 2.75) is 63.8 Å². The Morgan fingerprint density at radius 3 is 2.56 bits per heavy atom. The van der Waals surface area contributed by atoms with E-state index in [1.807, 2.05) is 0 Å². The topological polar surface area (TPSA) is 106 Å². The number of carbonyl (C=O) groups is 3. The van der Waals surface area contributed by atoms with E-state index in [2.05, 4.69) is 15.7 Å². The smallest absolute Gasteiger partial charge is 0.410 e. The molecule has 2 aromatic rings. The summed E-state index contributed by atoms with van der Waals surface area (Å²) in [6.45, 7) is 4.64. The van der Waals surface area contributed by atoms with Crippen LogP contribution in [0.4, 0.5) is 23.7 Å². The van der Waals surface area contributed by atoms with Gasteiger partial charge >= 0.3 is 12.3 Å². The van der Waals surface area contributed by atoms with Gasteiger partial charge in [-0.25, -0.2) is 4.79 Å². The molecule has 1 aromatic heterocycles. The Morgan fingerprint density at radius 2 is 1.92 bits per heavy atom. The maximum atomic E-state index is 14.0. The van der Waals surface area contributed by atoms with E-state index in [9.17, 15) is 27.6 Å². The summed E-state index contributed by atoms with van der Waals surface area (Å²) >= 11 is 0. The highest BCUT2D eigenvalue weighted by Gasteiger charge is 2.49. The molecule has 0 spiro atoms. The Morgan fingerprint density at radius 1 is 1.19 bits per heavy atom. The summed E-state index contributed by atoms with van der Waals surface area (Å²) in [5, 5.41) is 10.5. The second-order valence-electron chi connectivity index (χ2n) is 10.4. The van der Waals surface area contributed by atoms with Crippen molar-refractivity contribution in [1.29, 1.82) is 0 Å². The molecule has 1 unspecified atom stereocenters. The summed E-state index contributed by atoms with van der Waals surface area (Å²) in [5.41, 5.74) is 0.855. The van der Waals surface area contributed by atoms with Crippen LogP contribution in [0.3, 0.4) is 0 Å². The zero-order valence-electron chi connectivity index (χ0n) is 20.6. The van der Waals surface area contributed by atoms with Crippen LogP contribution in [0.15, 0.2) is 18.2 Å². The highest BCUT2D eigenvalue weighted by molar-refractivity contribution is 6.02. The summed E-state index contributed by atoms with van der Waals surface area (Å²) in [6, 6.07) is 4.14. The molecule has 2 N–H and O–H groups in total. The number of nitrogens with one attached hydrogen (secondary N) is 2. The first-order valence-corrected chi connectivity index (χ1v) is 11.8. The van der Waals surface area contributed by atoms with Crippen molar-refractivity contribution >= 4 is 34.5 Å². The number of rotatable bonds is 3. The van der Waals surface area contributed by atoms with Crippen LogP contribution in [0.25, 0.3) is 10.9 Å². The van der Waals surface area contributed by atoms with Crippen LogP contribution >= 0.6 is 0 Å². The lowest BCUT2D eigenvalue weighted by molar-refractivity contribution is -0.187. The molecule has 9 nitrogen and oxygen atoms in total. The van der Waals surface area contributed by atoms with Crippen molar-refractivity contribution in [2.24, 2.45) is 13.0 Å². The number of anilines is 1. The standard InChI is InChI=1S/C24H30F3N5O4/c1-23(2,3)36-22(35)32-10-9-17(16(12-32)24(25,26)27)28-13-5-6-14-18(11-13)31(4)30-20(14)15-7-8-19(33)29-21(15)34/h5-6,11,15-17,28H,7-10,12H2,1-4H3,(H,29,33,34)/t15?,16-,17+/m1/s1. The average Bonchev–Trinajstić information content (AvgIpc) is 3.08. The van der Waals surface area contributed by atoms with Crippen molar-refractivity contribution in [1.82, 2.24) is 20.0 Å². The Hall–Kier alpha value is -3.31. The average molecular weight is 510 g/mol. The number of halogens is 3. The third-order valence-corrected chi connectivity index (χ3v) is 6.49. The van der Waals surface area contributed by atoms with Gasteiger partial charge in [0, 0.05) is 43.7 Å². The van der Waals surface area contributed by atoms with Crippen LogP contribution in [-0.4, -0.2) is 63.5 Å². The predicted molar refractivity (Wildman–Crippen MR) is 125 cm³/mol. The van der Waals surface area contributed by atoms with E-state index in [-0.39, 0.29) is 25.3 Å². The number of carbonyl (C=O) groups excluding carboxylic acids is 3. The molecule has 0 saturated carbocycles. The van der Waals surface area contributed by atoms with Crippen molar-refractivity contribution in [3.05, 3.63) is 23.9 Å². The maximum absolute atomic E-state index is 14.0. The van der Waals surface area contributed by atoms with E-state index in [0.29, 0.717) is 28.7 Å². The van der Waals surface area contributed by atoms with Gasteiger partial charge in [-0.05, 0) is 51.8 Å². The third-order valence-electron chi connectivity index (χ3n) is 6.49. The Kier molecular flexibility index (Phi) is 6.65. The number of likely N-dealkylation sites (tertiary alicyclic amines) is 1. The zero-order valence-corrected chi connectivity index (χ0v) is 20.6. The van der Waals surface area contributed by atoms with Gasteiger partial charge in [-0.2, -0.15) is 18.3 Å². The molecule has 4 rings (SSSR count). The number of hydrogen-bond acceptors (Lipinski definition) is 6. The first kappa shape index (κ1) is 25.8. The van der Waals surface area contributed by atoms with Crippen LogP contribution < -0.4 is 10.6 Å². The number of aromatic nitrogens is 2. The normalized spacial score (nSPS) is 23.5. The van der Waals surface area contributed by atoms with Gasteiger partial charge in [0.15, 0.2) is 0 Å². The lowest BCUT2D eigenvalue weighted by Gasteiger charge is -2.40. The van der Waals surface area contributed by atoms with Crippen LogP contribution in [0.2, 0.25) is 0 Å². The van der Waals surface area contributed by atoms with Gasteiger partial charge in [0.25, 0.3) is 0 Å². The second kappa shape index (κ2) is 9.29. The monoisotopic (exact) mass is 509 g/mol. The SMILES string of the molecule is Cn1nc(C2CCC(=O)NC2=O)c2ccc(N[C@H]3CCN(C(=O)OC(C)(C)C)C[C@H]3C(F)(F)F)cc21. The molecule has 2 aliphatic rings. The van der Waals surface area contributed by atoms with Gasteiger partial charge in [0.1, 0.15) is 5.60 Å². The number of amides is 3. The van der Waals surface area contributed by atoms with Gasteiger partial charge in [-0.3, -0.25) is 19.6 Å². The van der Waals surface area contributed by atoms with E-state index in [1.165, 1.54) is 0 Å². The first-order valence-electron chi connectivity index (χ1n) is 11.8. The third kappa shape index (κ3) is 5.41. The quantitative estimate of drug-likeness (QED) is 0.612. The molecule has 0 bridgehead atoms. The molecule has 36 heavy (non-hydrogen) atoms. The van der Waals surface area contributed by atoms with Crippen LogP contribution in [0.1, 0.15) is 51.6 Å². The molecule has 2 fully saturated rings. The van der Waals surface area contributed by atoms with Gasteiger partial charge in [0.05, 0.1) is 23.0 Å². The second-order valence-corrected chi connectivity index (χ2v) is 10.4. The number of aryl methyl sites for hydroxylation is 1. The molecule has 196 valence electrons. The lowest BCUT2D eigenvalue weighted by Crippen LogP contribution is -2.54. The number of nitrogens with zero attached hydrogens (tertiary/aromatic N) is 3. The minimum absolute atomic E-state index is 0.0916. The molecule has 2 aliphatic heterocycles. The molecule has 3 amide bonds. The van der Waals surface area contributed by atoms with Crippen LogP contribution in [0, 0.1) is 5.92 Å². The molecule has 3 atom stereocenters. The number of fused-ring (bicyclic) bond motifs is 1. The summed E-state index contributed by atoms with van der Waals surface area (Å²) in [6.07, 6.45) is -4.62. The molecule has 1 aromatic carbocycles. The highest BCUT2D eigenvalue weighted by Crippen LogP contribution is 2.37. The van der Waals surface area contributed by atoms with Gasteiger partial charge in [0.2, 0.25) is 11.8 Å². The highest BCUT2D eigenvalue weighted by atomic mass is 19.4. The Balaban J connectivity index is 1.54. The molecule has 2 saturated heterocycles. The van der Waals surface area contributed by atoms with E-state index >= 15 is 0 Å². The number of imide groups is 1.